The van der Waals surface area contributed by atoms with E-state index in [1.165, 1.54) is 53.2 Å². The Morgan fingerprint density at radius 2 is 1.62 bits per heavy atom. The van der Waals surface area contributed by atoms with Crippen LogP contribution >= 0.6 is 35.8 Å². The van der Waals surface area contributed by atoms with Gasteiger partial charge in [-0.2, -0.15) is 0 Å². The molecule has 0 amide bonds. The third kappa shape index (κ3) is 5.27. The van der Waals surface area contributed by atoms with E-state index in [2.05, 4.69) is 30.7 Å². The number of benzene rings is 2. The summed E-state index contributed by atoms with van der Waals surface area (Å²) >= 11 is 12.1. The van der Waals surface area contributed by atoms with E-state index in [9.17, 15) is 9.18 Å². The van der Waals surface area contributed by atoms with Gasteiger partial charge in [-0.15, -0.1) is 0 Å². The second-order valence-electron chi connectivity index (χ2n) is 7.79. The molecule has 0 bridgehead atoms. The highest BCUT2D eigenvalue weighted by molar-refractivity contribution is 7.73. The number of H-pyrrole nitrogens is 1. The maximum absolute atomic E-state index is 14.2. The standard InChI is InChI=1S/C19H14FN3OS3.C6H15N/c1-10-7-8-12(9-11(10)2)22-16-15(27-19(22)26)17(24)23(18(25)21-16)14-6-4-3-5-13(14)20;1-4-7(5-2)6-3/h3-9H,1-2H3,(H,21,25);4-6H2,1-3H3. The third-order valence-corrected chi connectivity index (χ3v) is 7.47. The van der Waals surface area contributed by atoms with Crippen LogP contribution in [0.15, 0.2) is 47.3 Å². The lowest BCUT2D eigenvalue weighted by molar-refractivity contribution is 0.321. The number of aromatic amines is 1. The minimum Gasteiger partial charge on any atom is -0.316 e. The molecule has 9 heteroatoms. The third-order valence-electron chi connectivity index (χ3n) is 5.82. The fourth-order valence-corrected chi connectivity index (χ4v) is 5.21. The summed E-state index contributed by atoms with van der Waals surface area (Å²) in [4.78, 5) is 18.5. The van der Waals surface area contributed by atoms with Gasteiger partial charge in [0, 0.05) is 5.69 Å². The van der Waals surface area contributed by atoms with Crippen LogP contribution < -0.4 is 5.56 Å². The number of aromatic nitrogens is 3. The van der Waals surface area contributed by atoms with Crippen molar-refractivity contribution in [1.29, 1.82) is 0 Å². The first kappa shape index (κ1) is 26.2. The van der Waals surface area contributed by atoms with Crippen molar-refractivity contribution in [3.05, 3.63) is 78.5 Å². The molecule has 0 aliphatic rings. The topological polar surface area (TPSA) is 46.0 Å². The molecule has 0 saturated heterocycles. The van der Waals surface area contributed by atoms with Gasteiger partial charge in [-0.3, -0.25) is 9.36 Å². The molecule has 4 aromatic rings. The van der Waals surface area contributed by atoms with Crippen molar-refractivity contribution in [3.63, 3.8) is 0 Å². The fourth-order valence-electron chi connectivity index (χ4n) is 3.60. The van der Waals surface area contributed by atoms with Gasteiger partial charge in [-0.1, -0.05) is 50.3 Å². The van der Waals surface area contributed by atoms with Gasteiger partial charge in [-0.25, -0.2) is 8.96 Å². The molecule has 0 aliphatic carbocycles. The SMILES string of the molecule is CCN(CC)CC.Cc1ccc(-n2c(=S)sc3c(=O)n(-c4ccccc4F)c(=S)[nH]c32)cc1C. The number of fused-ring (bicyclic) bond motifs is 1. The summed E-state index contributed by atoms with van der Waals surface area (Å²) in [6, 6.07) is 12.0. The second-order valence-corrected chi connectivity index (χ2v) is 9.82. The van der Waals surface area contributed by atoms with E-state index in [0.717, 1.165) is 11.3 Å². The molecule has 0 spiro atoms. The van der Waals surface area contributed by atoms with Gasteiger partial charge >= 0.3 is 0 Å². The minimum absolute atomic E-state index is 0.114. The first-order valence-electron chi connectivity index (χ1n) is 11.2. The average Bonchev–Trinajstić information content (AvgIpc) is 3.14. The lowest BCUT2D eigenvalue weighted by Crippen LogP contribution is -2.21. The number of nitrogens with one attached hydrogen (secondary N) is 1. The first-order valence-corrected chi connectivity index (χ1v) is 12.8. The van der Waals surface area contributed by atoms with E-state index in [1.807, 2.05) is 32.0 Å². The molecule has 34 heavy (non-hydrogen) atoms. The van der Waals surface area contributed by atoms with Gasteiger partial charge < -0.3 is 9.88 Å². The highest BCUT2D eigenvalue weighted by atomic mass is 32.1. The van der Waals surface area contributed by atoms with Crippen molar-refractivity contribution in [1.82, 2.24) is 19.0 Å². The summed E-state index contributed by atoms with van der Waals surface area (Å²) in [5.41, 5.74) is 3.38. The van der Waals surface area contributed by atoms with Gasteiger partial charge in [0.15, 0.2) is 8.73 Å². The number of para-hydroxylation sites is 1. The monoisotopic (exact) mass is 516 g/mol. The summed E-state index contributed by atoms with van der Waals surface area (Å²) in [7, 11) is 0. The molecule has 0 radical (unpaired) electrons. The van der Waals surface area contributed by atoms with Crippen LogP contribution in [0.1, 0.15) is 31.9 Å². The van der Waals surface area contributed by atoms with Crippen LogP contribution in [0.4, 0.5) is 4.39 Å². The lowest BCUT2D eigenvalue weighted by atomic mass is 10.1. The number of rotatable bonds is 5. The first-order chi connectivity index (χ1) is 16.2. The maximum atomic E-state index is 14.2. The normalized spacial score (nSPS) is 11.0. The van der Waals surface area contributed by atoms with Crippen molar-refractivity contribution in [2.24, 2.45) is 0 Å². The number of nitrogens with zero attached hydrogens (tertiary/aromatic N) is 3. The van der Waals surface area contributed by atoms with Gasteiger partial charge in [0.25, 0.3) is 5.56 Å². The quantitative estimate of drug-likeness (QED) is 0.299. The van der Waals surface area contributed by atoms with Gasteiger partial charge in [0.2, 0.25) is 0 Å². The summed E-state index contributed by atoms with van der Waals surface area (Å²) in [6.07, 6.45) is 0. The summed E-state index contributed by atoms with van der Waals surface area (Å²) in [5.74, 6) is -0.518. The Hall–Kier alpha value is -2.46. The maximum Gasteiger partial charge on any atom is 0.278 e. The molecule has 0 saturated carbocycles. The van der Waals surface area contributed by atoms with Crippen LogP contribution in [0, 0.1) is 28.4 Å². The van der Waals surface area contributed by atoms with Crippen molar-refractivity contribution < 1.29 is 4.39 Å². The van der Waals surface area contributed by atoms with Crippen LogP contribution in [0.3, 0.4) is 0 Å². The molecule has 1 N–H and O–H groups in total. The van der Waals surface area contributed by atoms with E-state index in [4.69, 9.17) is 24.4 Å². The lowest BCUT2D eigenvalue weighted by Gasteiger charge is -2.13. The minimum atomic E-state index is -0.518. The average molecular weight is 517 g/mol. The van der Waals surface area contributed by atoms with Gasteiger partial charge in [0.1, 0.15) is 16.2 Å². The second kappa shape index (κ2) is 11.3. The van der Waals surface area contributed by atoms with Gasteiger partial charge in [-0.05, 0) is 93.3 Å². The molecular weight excluding hydrogens is 488 g/mol. The molecule has 0 unspecified atom stereocenters. The van der Waals surface area contributed by atoms with Crippen molar-refractivity contribution in [3.8, 4) is 11.4 Å². The van der Waals surface area contributed by atoms with E-state index in [-0.39, 0.29) is 10.5 Å². The van der Waals surface area contributed by atoms with Gasteiger partial charge in [0.05, 0.1) is 5.69 Å². The van der Waals surface area contributed by atoms with E-state index in [0.29, 0.717) is 14.3 Å². The molecule has 4 rings (SSSR count). The molecular formula is C25H29FN4OS3. The molecule has 0 fully saturated rings. The Kier molecular flexibility index (Phi) is 8.70. The Morgan fingerprint density at radius 3 is 2.18 bits per heavy atom. The molecule has 0 atom stereocenters. The van der Waals surface area contributed by atoms with Crippen LogP contribution in [-0.4, -0.2) is 38.7 Å². The number of hydrogen-bond acceptors (Lipinski definition) is 5. The van der Waals surface area contributed by atoms with E-state index < -0.39 is 11.4 Å². The van der Waals surface area contributed by atoms with Crippen molar-refractivity contribution >= 4 is 46.1 Å². The number of hydrogen-bond donors (Lipinski definition) is 1. The number of halogens is 1. The highest BCUT2D eigenvalue weighted by Crippen LogP contribution is 2.25. The number of thiazole rings is 1. The van der Waals surface area contributed by atoms with Crippen LogP contribution in [0.25, 0.3) is 21.7 Å². The fraction of sp³-hybridized carbons (Fsp3) is 0.320. The van der Waals surface area contributed by atoms with Crippen LogP contribution in [-0.2, 0) is 0 Å². The Bertz CT molecular complexity index is 1470. The van der Waals surface area contributed by atoms with Crippen molar-refractivity contribution in [2.45, 2.75) is 34.6 Å². The molecule has 0 aliphatic heterocycles. The van der Waals surface area contributed by atoms with E-state index >= 15 is 0 Å². The summed E-state index contributed by atoms with van der Waals surface area (Å²) < 4.78 is 18.2. The Morgan fingerprint density at radius 1 is 0.971 bits per heavy atom. The largest absolute Gasteiger partial charge is 0.316 e. The Labute approximate surface area is 213 Å². The van der Waals surface area contributed by atoms with Crippen molar-refractivity contribution in [2.75, 3.05) is 19.6 Å². The molecule has 5 nitrogen and oxygen atoms in total. The Balaban J connectivity index is 0.000000406. The van der Waals surface area contributed by atoms with Crippen LogP contribution in [0.5, 0.6) is 0 Å². The molecule has 180 valence electrons. The van der Waals surface area contributed by atoms with E-state index in [1.54, 1.807) is 16.7 Å². The highest BCUT2D eigenvalue weighted by Gasteiger charge is 2.16. The summed E-state index contributed by atoms with van der Waals surface area (Å²) in [6.45, 7) is 14.2. The zero-order chi connectivity index (χ0) is 25.0. The predicted molar refractivity (Wildman–Crippen MR) is 146 cm³/mol. The molecule has 2 aromatic heterocycles. The summed E-state index contributed by atoms with van der Waals surface area (Å²) in [5, 5.41) is 0. The zero-order valence-electron chi connectivity index (χ0n) is 20.0. The molecule has 2 heterocycles. The smallest absolute Gasteiger partial charge is 0.278 e. The predicted octanol–water partition coefficient (Wildman–Crippen LogP) is 6.73. The number of aryl methyl sites for hydroxylation is 2. The van der Waals surface area contributed by atoms with Crippen LogP contribution in [0.2, 0.25) is 0 Å². The molecule has 2 aromatic carbocycles. The zero-order valence-corrected chi connectivity index (χ0v) is 22.5.